The summed E-state index contributed by atoms with van der Waals surface area (Å²) in [5, 5.41) is 4.90. The molecule has 0 bridgehead atoms. The zero-order chi connectivity index (χ0) is 12.9. The van der Waals surface area contributed by atoms with Gasteiger partial charge in [-0.05, 0) is 31.2 Å². The van der Waals surface area contributed by atoms with Crippen molar-refractivity contribution in [2.75, 3.05) is 0 Å². The molecule has 0 radical (unpaired) electrons. The summed E-state index contributed by atoms with van der Waals surface area (Å²) in [7, 11) is 0. The molecule has 0 spiro atoms. The molecule has 2 aromatic heterocycles. The molecule has 0 atom stereocenters. The molecule has 3 nitrogen and oxygen atoms in total. The highest BCUT2D eigenvalue weighted by Gasteiger charge is 2.02. The predicted molar refractivity (Wildman–Crippen MR) is 60.2 cm³/mol. The lowest BCUT2D eigenvalue weighted by atomic mass is 10.2. The van der Waals surface area contributed by atoms with Crippen molar-refractivity contribution in [3.05, 3.63) is 48.2 Å². The molecule has 2 heterocycles. The van der Waals surface area contributed by atoms with Crippen LogP contribution in [-0.2, 0) is 0 Å². The maximum absolute atomic E-state index is 7.74. The SMILES string of the molecule is [2H]c1nn(-c2cc3cc(C)ccc3[nH]2)c([2H])c1[2H]. The largest absolute Gasteiger partial charge is 0.340 e. The molecule has 1 N–H and O–H groups in total. The number of rotatable bonds is 1. The average Bonchev–Trinajstić information content (AvgIpc) is 2.85. The molecule has 74 valence electrons. The normalized spacial score (nSPS) is 13.8. The van der Waals surface area contributed by atoms with Crippen LogP contribution in [0.2, 0.25) is 0 Å². The predicted octanol–water partition coefficient (Wildman–Crippen LogP) is 2.66. The number of hydrogen-bond acceptors (Lipinski definition) is 1. The second-order valence-electron chi connectivity index (χ2n) is 3.51. The Kier molecular flexibility index (Phi) is 1.14. The fraction of sp³-hybridized carbons (Fsp3) is 0.0833. The average molecular weight is 200 g/mol. The Hall–Kier alpha value is -2.03. The molecule has 3 rings (SSSR count). The Morgan fingerprint density at radius 2 is 2.33 bits per heavy atom. The first-order valence-corrected chi connectivity index (χ1v) is 4.69. The van der Waals surface area contributed by atoms with Gasteiger partial charge < -0.3 is 4.98 Å². The first kappa shape index (κ1) is 5.75. The van der Waals surface area contributed by atoms with Gasteiger partial charge in [0.25, 0.3) is 0 Å². The Balaban J connectivity index is 2.22. The van der Waals surface area contributed by atoms with Gasteiger partial charge in [0.2, 0.25) is 0 Å². The maximum Gasteiger partial charge on any atom is 0.132 e. The molecule has 3 aromatic rings. The van der Waals surface area contributed by atoms with Crippen LogP contribution in [0.25, 0.3) is 16.7 Å². The topological polar surface area (TPSA) is 33.6 Å². The summed E-state index contributed by atoms with van der Waals surface area (Å²) < 4.78 is 24.0. The van der Waals surface area contributed by atoms with Gasteiger partial charge >= 0.3 is 0 Å². The van der Waals surface area contributed by atoms with E-state index in [4.69, 9.17) is 4.11 Å². The van der Waals surface area contributed by atoms with Crippen LogP contribution in [0.5, 0.6) is 0 Å². The second kappa shape index (κ2) is 2.98. The van der Waals surface area contributed by atoms with Crippen molar-refractivity contribution in [2.24, 2.45) is 0 Å². The number of hydrogen-bond donors (Lipinski definition) is 1. The Morgan fingerprint density at radius 1 is 1.40 bits per heavy atom. The monoisotopic (exact) mass is 200 g/mol. The molecule has 0 saturated carbocycles. The number of aryl methyl sites for hydroxylation is 1. The Morgan fingerprint density at radius 3 is 3.13 bits per heavy atom. The van der Waals surface area contributed by atoms with Gasteiger partial charge in [0.15, 0.2) is 0 Å². The summed E-state index contributed by atoms with van der Waals surface area (Å²) >= 11 is 0. The Labute approximate surface area is 91.6 Å². The van der Waals surface area contributed by atoms with Crippen LogP contribution in [-0.4, -0.2) is 14.8 Å². The van der Waals surface area contributed by atoms with Crippen LogP contribution >= 0.6 is 0 Å². The van der Waals surface area contributed by atoms with Crippen molar-refractivity contribution < 1.29 is 4.11 Å². The van der Waals surface area contributed by atoms with Crippen molar-refractivity contribution in [1.29, 1.82) is 0 Å². The van der Waals surface area contributed by atoms with E-state index in [0.29, 0.717) is 5.82 Å². The summed E-state index contributed by atoms with van der Waals surface area (Å²) in [5.41, 5.74) is 2.10. The van der Waals surface area contributed by atoms with E-state index in [2.05, 4.69) is 10.1 Å². The van der Waals surface area contributed by atoms with E-state index in [9.17, 15) is 0 Å². The van der Waals surface area contributed by atoms with Gasteiger partial charge in [-0.25, -0.2) is 4.68 Å². The van der Waals surface area contributed by atoms with E-state index in [1.807, 2.05) is 31.2 Å². The molecule has 0 aliphatic carbocycles. The van der Waals surface area contributed by atoms with Crippen molar-refractivity contribution >= 4 is 10.9 Å². The van der Waals surface area contributed by atoms with E-state index in [1.165, 1.54) is 4.68 Å². The molecule has 1 aromatic carbocycles. The van der Waals surface area contributed by atoms with Crippen LogP contribution in [0.1, 0.15) is 9.68 Å². The van der Waals surface area contributed by atoms with Gasteiger partial charge in [0, 0.05) is 23.2 Å². The van der Waals surface area contributed by atoms with Crippen molar-refractivity contribution in [3.63, 3.8) is 0 Å². The summed E-state index contributed by atoms with van der Waals surface area (Å²) in [6.07, 6.45) is -0.266. The third kappa shape index (κ3) is 1.32. The van der Waals surface area contributed by atoms with Crippen LogP contribution < -0.4 is 0 Å². The number of nitrogens with one attached hydrogen (secondary N) is 1. The molecule has 0 aliphatic rings. The molecule has 0 amide bonds. The van der Waals surface area contributed by atoms with Crippen molar-refractivity contribution in [3.8, 4) is 5.82 Å². The van der Waals surface area contributed by atoms with Gasteiger partial charge in [-0.1, -0.05) is 11.6 Å². The van der Waals surface area contributed by atoms with Gasteiger partial charge in [-0.15, -0.1) is 0 Å². The molecule has 0 aliphatic heterocycles. The molecule has 3 heteroatoms. The Bertz CT molecular complexity index is 742. The van der Waals surface area contributed by atoms with E-state index >= 15 is 0 Å². The summed E-state index contributed by atoms with van der Waals surface area (Å²) in [5.74, 6) is 0.604. The summed E-state index contributed by atoms with van der Waals surface area (Å²) in [6, 6.07) is 7.70. The first-order chi connectivity index (χ1) is 8.56. The first-order valence-electron chi connectivity index (χ1n) is 6.19. The molecule has 15 heavy (non-hydrogen) atoms. The zero-order valence-electron chi connectivity index (χ0n) is 11.2. The molecular formula is C12H11N3. The van der Waals surface area contributed by atoms with Crippen molar-refractivity contribution in [2.45, 2.75) is 6.92 Å². The van der Waals surface area contributed by atoms with Gasteiger partial charge in [-0.2, -0.15) is 5.10 Å². The smallest absolute Gasteiger partial charge is 0.132 e. The van der Waals surface area contributed by atoms with E-state index < -0.39 is 0 Å². The highest BCUT2D eigenvalue weighted by molar-refractivity contribution is 5.82. The quantitative estimate of drug-likeness (QED) is 0.643. The second-order valence-corrected chi connectivity index (χ2v) is 3.51. The van der Waals surface area contributed by atoms with Crippen LogP contribution in [0.15, 0.2) is 42.7 Å². The summed E-state index contributed by atoms with van der Waals surface area (Å²) in [6.45, 7) is 2.01. The number of benzene rings is 1. The molecular weight excluding hydrogens is 186 g/mol. The highest BCUT2D eigenvalue weighted by atomic mass is 15.3. The minimum Gasteiger partial charge on any atom is -0.340 e. The minimum atomic E-state index is -0.185. The van der Waals surface area contributed by atoms with E-state index in [1.54, 1.807) is 0 Å². The van der Waals surface area contributed by atoms with E-state index in [-0.39, 0.29) is 18.4 Å². The van der Waals surface area contributed by atoms with Crippen LogP contribution in [0, 0.1) is 6.92 Å². The van der Waals surface area contributed by atoms with Gasteiger partial charge in [-0.3, -0.25) is 0 Å². The summed E-state index contributed by atoms with van der Waals surface area (Å²) in [4.78, 5) is 3.13. The molecule has 0 fully saturated rings. The lowest BCUT2D eigenvalue weighted by molar-refractivity contribution is 0.858. The van der Waals surface area contributed by atoms with Gasteiger partial charge in [0.05, 0.1) is 4.11 Å². The third-order valence-electron chi connectivity index (χ3n) is 2.36. The molecule has 0 saturated heterocycles. The lowest BCUT2D eigenvalue weighted by Crippen LogP contribution is -1.92. The fourth-order valence-corrected chi connectivity index (χ4v) is 1.64. The zero-order valence-corrected chi connectivity index (χ0v) is 8.20. The minimum absolute atomic E-state index is 0.0803. The van der Waals surface area contributed by atoms with E-state index in [0.717, 1.165) is 16.5 Å². The van der Waals surface area contributed by atoms with Crippen LogP contribution in [0.4, 0.5) is 0 Å². The van der Waals surface area contributed by atoms with Crippen LogP contribution in [0.3, 0.4) is 0 Å². The standard InChI is InChI=1S/C12H11N3/c1-9-3-4-11-10(7-9)8-12(14-11)15-6-2-5-13-15/h2-8,14H,1H3/i2D,5D,6D. The third-order valence-corrected chi connectivity index (χ3v) is 2.36. The maximum atomic E-state index is 7.74. The number of aromatic amines is 1. The number of H-pyrrole nitrogens is 1. The number of nitrogens with zero attached hydrogens (tertiary/aromatic N) is 2. The molecule has 0 unspecified atom stereocenters. The number of fused-ring (bicyclic) bond motifs is 1. The van der Waals surface area contributed by atoms with Gasteiger partial charge in [0.1, 0.15) is 5.82 Å². The lowest BCUT2D eigenvalue weighted by Gasteiger charge is -1.93. The van der Waals surface area contributed by atoms with Crippen molar-refractivity contribution in [1.82, 2.24) is 14.8 Å². The highest BCUT2D eigenvalue weighted by Crippen LogP contribution is 2.18. The fourth-order valence-electron chi connectivity index (χ4n) is 1.64. The number of aromatic nitrogens is 3.